The summed E-state index contributed by atoms with van der Waals surface area (Å²) in [6.07, 6.45) is 30.1. The highest BCUT2D eigenvalue weighted by atomic mass is 16.5. The summed E-state index contributed by atoms with van der Waals surface area (Å²) in [5.74, 6) is 0.561. The monoisotopic (exact) mass is 1940 g/mol. The topological polar surface area (TPSA) is 261 Å². The SMILES string of the molecule is [C-]#[N+]/C(C#N)=C1C=C(/C=C/c2ccc(N(C)CCOc3cc(OCCN(C)c4ccc(/C=C/C5=CC(=C(\C#N)[N+]#[C-])/CC(C)(C)C5)cc4)cc(C(=O)Oc4ccc(C(C)(c5ccc(OC(C)=O)cc5)c5ccc(OC(=O)c6cc(OCCN(C)c7ccc(/C=C/C8=CC(=C(C#N)C#N)CC(C)(C)C8)cc7)cc(OCCN(C)c7ccc(/C=C/C8=CC(=C(\C#N)[N+]#[C-])/CC(C)(C)C8)cc7)c6)cc5)cc4)c3)cc2)CC(C)(C)C\1. The highest BCUT2D eigenvalue weighted by Crippen LogP contribution is 2.47. The molecule has 0 bridgehead atoms. The summed E-state index contributed by atoms with van der Waals surface area (Å²) in [6.45, 7) is 46.0. The number of benzene rings is 9. The Morgan fingerprint density at radius 1 is 0.329 bits per heavy atom. The number of nitrogens with zero attached hydrogens (tertiary/aromatic N) is 12. The number of rotatable bonds is 36. The number of carbonyl (C=O) groups excluding carboxylic acids is 3. The Balaban J connectivity index is 0.712. The van der Waals surface area contributed by atoms with Crippen molar-refractivity contribution in [3.63, 3.8) is 0 Å². The minimum Gasteiger partial charge on any atom is -0.492 e. The maximum absolute atomic E-state index is 14.7. The van der Waals surface area contributed by atoms with Gasteiger partial charge in [0.25, 0.3) is 17.1 Å². The number of likely N-dealkylation sites (N-methyl/N-ethyl adjacent to an activating group) is 4. The van der Waals surface area contributed by atoms with Crippen LogP contribution < -0.4 is 52.8 Å². The zero-order valence-electron chi connectivity index (χ0n) is 85.3. The van der Waals surface area contributed by atoms with Crippen molar-refractivity contribution in [2.45, 2.75) is 126 Å². The van der Waals surface area contributed by atoms with Gasteiger partial charge in [0.2, 0.25) is 0 Å². The third-order valence-corrected chi connectivity index (χ3v) is 26.2. The molecule has 13 rings (SSSR count). The van der Waals surface area contributed by atoms with Gasteiger partial charge < -0.3 is 52.8 Å². The van der Waals surface area contributed by atoms with Crippen LogP contribution in [0.15, 0.2) is 322 Å². The fourth-order valence-corrected chi connectivity index (χ4v) is 18.7. The van der Waals surface area contributed by atoms with Gasteiger partial charge in [0.15, 0.2) is 0 Å². The third kappa shape index (κ3) is 29.0. The van der Waals surface area contributed by atoms with E-state index in [0.29, 0.717) is 80.6 Å². The van der Waals surface area contributed by atoms with Crippen molar-refractivity contribution in [3.8, 4) is 70.6 Å². The molecule has 9 aromatic carbocycles. The number of hydrogen-bond donors (Lipinski definition) is 0. The van der Waals surface area contributed by atoms with Gasteiger partial charge in [0.05, 0.1) is 75.2 Å². The molecule has 0 aliphatic heterocycles. The van der Waals surface area contributed by atoms with E-state index in [2.05, 4.69) is 144 Å². The van der Waals surface area contributed by atoms with Crippen LogP contribution in [-0.2, 0) is 10.2 Å². The van der Waals surface area contributed by atoms with Crippen molar-refractivity contribution < 1.29 is 47.5 Å². The largest absolute Gasteiger partial charge is 0.492 e. The van der Waals surface area contributed by atoms with Gasteiger partial charge in [-0.2, -0.15) is 10.5 Å². The Morgan fingerprint density at radius 2 is 0.568 bits per heavy atom. The molecule has 0 spiro atoms. The standard InChI is InChI=1S/C124H120N12O10/c1-85(137)144-108-48-34-101(35-49-108)124(10,102-36-50-109(51-37-102)145-118(138)94-66-111(140-58-54-133(14)104-40-26-86(27-41-104)18-22-90-62-96(100(80-125)81-126)76-120(2,3)72-90)70-112(67-94)141-59-55-134(15)105-42-28-87(29-43-105)19-23-91-63-97(115(82-127)130-11)77-121(4,5)73-91)103-38-52-110(53-39-103)146-119(139)95-68-113(142-60-56-135(16)106-44-30-88(31-45-106)20-24-92-64-98(116(83-128)131-12)78-122(6,7)74-92)71-114(69-95)143-61-57-136(17)107-46-32-89(33-47-107)21-25-93-65-99(117(84-129)132-13)79-123(8,9)75-93/h18-53,62-71H,54-61,72-79H2,1-10,14-17H3/b22-18+,23-19+,24-20+,25-21+,115-97-,116-98-,117-99+. The third-order valence-electron chi connectivity index (χ3n) is 26.2. The molecule has 0 amide bonds. The van der Waals surface area contributed by atoms with Crippen molar-refractivity contribution in [2.24, 2.45) is 21.7 Å². The molecule has 0 heterocycles. The molecule has 4 aliphatic carbocycles. The lowest BCUT2D eigenvalue weighted by Crippen LogP contribution is -2.25. The zero-order chi connectivity index (χ0) is 104. The first-order valence-electron chi connectivity index (χ1n) is 48.5. The Labute approximate surface area is 858 Å². The first kappa shape index (κ1) is 106. The predicted molar refractivity (Wildman–Crippen MR) is 576 cm³/mol. The number of hydrogen-bond acceptors (Lipinski definition) is 19. The highest BCUT2D eigenvalue weighted by Gasteiger charge is 2.35. The van der Waals surface area contributed by atoms with E-state index in [1.807, 2.05) is 217 Å². The van der Waals surface area contributed by atoms with E-state index in [0.717, 1.165) is 132 Å². The molecule has 0 radical (unpaired) electrons. The summed E-state index contributed by atoms with van der Waals surface area (Å²) in [7, 11) is 7.90. The van der Waals surface area contributed by atoms with Crippen LogP contribution in [0.2, 0.25) is 0 Å². The highest BCUT2D eigenvalue weighted by molar-refractivity contribution is 5.93. The van der Waals surface area contributed by atoms with Gasteiger partial charge in [0.1, 0.15) is 84.4 Å². The Kier molecular flexibility index (Phi) is 34.8. The lowest BCUT2D eigenvalue weighted by atomic mass is 9.71. The summed E-state index contributed by atoms with van der Waals surface area (Å²) < 4.78 is 43.9. The molecule has 146 heavy (non-hydrogen) atoms. The van der Waals surface area contributed by atoms with Crippen LogP contribution in [-0.4, -0.2) is 98.7 Å². The molecule has 0 saturated carbocycles. The first-order valence-corrected chi connectivity index (χ1v) is 48.5. The number of esters is 3. The second-order valence-electron chi connectivity index (χ2n) is 40.6. The number of allylic oxidation sites excluding steroid dienone is 20. The van der Waals surface area contributed by atoms with Gasteiger partial charge in [-0.1, -0.05) is 213 Å². The van der Waals surface area contributed by atoms with Crippen LogP contribution in [0.5, 0.6) is 40.2 Å². The van der Waals surface area contributed by atoms with Crippen molar-refractivity contribution >= 4 is 65.0 Å². The molecular formula is C124H120N12O10. The molecule has 0 fully saturated rings. The molecule has 0 N–H and O–H groups in total. The molecule has 9 aromatic rings. The van der Waals surface area contributed by atoms with E-state index in [1.54, 1.807) is 72.8 Å². The maximum Gasteiger partial charge on any atom is 0.343 e. The van der Waals surface area contributed by atoms with Crippen LogP contribution in [0.3, 0.4) is 0 Å². The Hall–Kier alpha value is -17.4. The molecule has 1 unspecified atom stereocenters. The van der Waals surface area contributed by atoms with Crippen molar-refractivity contribution in [3.05, 3.63) is 406 Å². The molecular weight excluding hydrogens is 1820 g/mol. The fourth-order valence-electron chi connectivity index (χ4n) is 18.7. The summed E-state index contributed by atoms with van der Waals surface area (Å²) in [4.78, 5) is 60.4. The van der Waals surface area contributed by atoms with E-state index in [9.17, 15) is 40.7 Å². The van der Waals surface area contributed by atoms with E-state index >= 15 is 0 Å². The first-order chi connectivity index (χ1) is 69.9. The lowest BCUT2D eigenvalue weighted by molar-refractivity contribution is -0.131. The molecule has 736 valence electrons. The Morgan fingerprint density at radius 3 is 0.801 bits per heavy atom. The van der Waals surface area contributed by atoms with Gasteiger partial charge >= 0.3 is 17.9 Å². The second kappa shape index (κ2) is 47.9. The summed E-state index contributed by atoms with van der Waals surface area (Å²) in [5, 5.41) is 48.2. The van der Waals surface area contributed by atoms with Gasteiger partial charge in [-0.25, -0.2) is 39.9 Å². The minimum absolute atomic E-state index is 0.104. The van der Waals surface area contributed by atoms with E-state index in [-0.39, 0.29) is 93.4 Å². The zero-order valence-corrected chi connectivity index (χ0v) is 85.3. The van der Waals surface area contributed by atoms with Crippen molar-refractivity contribution in [1.82, 2.24) is 0 Å². The van der Waals surface area contributed by atoms with Gasteiger partial charge in [-0.15, -0.1) is 0 Å². The molecule has 22 heteroatoms. The van der Waals surface area contributed by atoms with Crippen molar-refractivity contribution in [1.29, 1.82) is 26.3 Å². The summed E-state index contributed by atoms with van der Waals surface area (Å²) in [6, 6.07) is 74.6. The number of carbonyl (C=O) groups is 3. The van der Waals surface area contributed by atoms with E-state index in [4.69, 9.17) is 52.9 Å². The van der Waals surface area contributed by atoms with Crippen LogP contribution in [0.4, 0.5) is 22.7 Å². The molecule has 0 saturated heterocycles. The number of ether oxygens (including phenoxy) is 7. The second-order valence-corrected chi connectivity index (χ2v) is 40.6. The van der Waals surface area contributed by atoms with Crippen molar-refractivity contribution in [2.75, 3.05) is 100 Å². The van der Waals surface area contributed by atoms with Crippen LogP contribution in [0.25, 0.3) is 38.8 Å². The van der Waals surface area contributed by atoms with Gasteiger partial charge in [-0.3, -0.25) is 4.79 Å². The molecule has 0 aromatic heterocycles. The maximum atomic E-state index is 14.7. The molecule has 22 nitrogen and oxygen atoms in total. The van der Waals surface area contributed by atoms with Crippen LogP contribution >= 0.6 is 0 Å². The fraction of sp³-hybridized carbons (Fsp3) is 0.282. The predicted octanol–water partition coefficient (Wildman–Crippen LogP) is 26.9. The summed E-state index contributed by atoms with van der Waals surface area (Å²) >= 11 is 0. The molecule has 1 atom stereocenters. The van der Waals surface area contributed by atoms with Gasteiger partial charge in [0, 0.05) is 75.4 Å². The number of nitriles is 5. The van der Waals surface area contributed by atoms with E-state index < -0.39 is 23.3 Å². The van der Waals surface area contributed by atoms with Crippen LogP contribution in [0, 0.1) is 98.0 Å². The average molecular weight is 1940 g/mol. The minimum atomic E-state index is -0.943. The smallest absolute Gasteiger partial charge is 0.343 e. The van der Waals surface area contributed by atoms with E-state index in [1.165, 1.54) is 6.92 Å². The Bertz CT molecular complexity index is 6370. The van der Waals surface area contributed by atoms with Crippen LogP contribution in [0.1, 0.15) is 180 Å². The van der Waals surface area contributed by atoms with Gasteiger partial charge in [-0.05, 0) is 273 Å². The average Bonchev–Trinajstić information content (AvgIpc) is 0.757. The lowest BCUT2D eigenvalue weighted by Gasteiger charge is -2.32. The summed E-state index contributed by atoms with van der Waals surface area (Å²) in [5.41, 5.74) is 16.8. The normalized spacial score (nSPS) is 16.3. The quantitative estimate of drug-likeness (QED) is 0.0116. The number of anilines is 4. The molecule has 4 aliphatic rings.